The van der Waals surface area contributed by atoms with Gasteiger partial charge in [-0.1, -0.05) is 12.1 Å². The summed E-state index contributed by atoms with van der Waals surface area (Å²) in [5, 5.41) is 12.5. The van der Waals surface area contributed by atoms with Gasteiger partial charge in [0.15, 0.2) is 5.96 Å². The predicted molar refractivity (Wildman–Crippen MR) is 92.2 cm³/mol. The smallest absolute Gasteiger partial charge is 0.231 e. The standard InChI is InChI=1S/C16H18N4O2S/c1-16(7-12(21)20(2)15(18)19-16)14-13(22)11(8-23-14)9-4-3-5-10(17)6-9/h3-6,8,22H,7,17H2,1-2H3,(H2,18,19)/t16-/m0/s1. The lowest BCUT2D eigenvalue weighted by atomic mass is 9.92. The zero-order chi connectivity index (χ0) is 16.8. The van der Waals surface area contributed by atoms with E-state index in [1.54, 1.807) is 26.1 Å². The van der Waals surface area contributed by atoms with Crippen molar-refractivity contribution in [1.82, 2.24) is 4.90 Å². The molecule has 0 fully saturated rings. The Hall–Kier alpha value is -2.54. The molecule has 23 heavy (non-hydrogen) atoms. The van der Waals surface area contributed by atoms with Crippen molar-refractivity contribution in [2.75, 3.05) is 12.8 Å². The van der Waals surface area contributed by atoms with Crippen molar-refractivity contribution >= 4 is 28.9 Å². The van der Waals surface area contributed by atoms with Gasteiger partial charge in [0.1, 0.15) is 11.3 Å². The van der Waals surface area contributed by atoms with Crippen LogP contribution in [0.4, 0.5) is 5.69 Å². The maximum absolute atomic E-state index is 12.1. The van der Waals surface area contributed by atoms with Crippen LogP contribution in [-0.2, 0) is 10.3 Å². The van der Waals surface area contributed by atoms with Gasteiger partial charge in [-0.15, -0.1) is 11.3 Å². The fraction of sp³-hybridized carbons (Fsp3) is 0.250. The Bertz CT molecular complexity index is 814. The summed E-state index contributed by atoms with van der Waals surface area (Å²) in [5.41, 5.74) is 12.9. The van der Waals surface area contributed by atoms with E-state index in [1.807, 2.05) is 17.5 Å². The largest absolute Gasteiger partial charge is 0.506 e. The van der Waals surface area contributed by atoms with Crippen LogP contribution in [0.25, 0.3) is 11.1 Å². The summed E-state index contributed by atoms with van der Waals surface area (Å²) in [6.07, 6.45) is 0.161. The number of hydrogen-bond donors (Lipinski definition) is 3. The maximum atomic E-state index is 12.1. The molecule has 1 atom stereocenters. The van der Waals surface area contributed by atoms with E-state index in [0.717, 1.165) is 5.56 Å². The summed E-state index contributed by atoms with van der Waals surface area (Å²) in [6, 6.07) is 7.29. The highest BCUT2D eigenvalue weighted by Gasteiger charge is 2.39. The van der Waals surface area contributed by atoms with E-state index in [4.69, 9.17) is 11.5 Å². The lowest BCUT2D eigenvalue weighted by Crippen LogP contribution is -2.47. The molecule has 1 aromatic heterocycles. The fourth-order valence-corrected chi connectivity index (χ4v) is 3.76. The zero-order valence-corrected chi connectivity index (χ0v) is 13.7. The number of hydrogen-bond acceptors (Lipinski definition) is 6. The molecule has 2 aromatic rings. The SMILES string of the molecule is CN1C(=O)C[C@@](C)(c2scc(-c3cccc(N)c3)c2O)N=C1N. The molecule has 1 aliphatic rings. The number of nitrogen functional groups attached to an aromatic ring is 1. The fourth-order valence-electron chi connectivity index (χ4n) is 2.68. The average Bonchev–Trinajstić information content (AvgIpc) is 2.87. The van der Waals surface area contributed by atoms with Crippen LogP contribution in [0.2, 0.25) is 0 Å². The minimum absolute atomic E-state index is 0.122. The summed E-state index contributed by atoms with van der Waals surface area (Å²) in [4.78, 5) is 18.5. The number of aromatic hydroxyl groups is 1. The average molecular weight is 330 g/mol. The molecule has 0 saturated heterocycles. The second-order valence-electron chi connectivity index (χ2n) is 5.83. The van der Waals surface area contributed by atoms with Gasteiger partial charge in [0.25, 0.3) is 0 Å². The molecule has 7 heteroatoms. The number of aliphatic imine (C=N–C) groups is 1. The van der Waals surface area contributed by atoms with E-state index in [0.29, 0.717) is 16.1 Å². The van der Waals surface area contributed by atoms with Crippen LogP contribution >= 0.6 is 11.3 Å². The lowest BCUT2D eigenvalue weighted by Gasteiger charge is -2.32. The Balaban J connectivity index is 2.07. The van der Waals surface area contributed by atoms with Crippen LogP contribution in [-0.4, -0.2) is 28.9 Å². The molecule has 1 aliphatic heterocycles. The number of thiophene rings is 1. The number of nitrogens with zero attached hydrogens (tertiary/aromatic N) is 2. The van der Waals surface area contributed by atoms with E-state index in [1.165, 1.54) is 16.2 Å². The van der Waals surface area contributed by atoms with Crippen molar-refractivity contribution in [1.29, 1.82) is 0 Å². The van der Waals surface area contributed by atoms with Gasteiger partial charge in [-0.25, -0.2) is 4.99 Å². The summed E-state index contributed by atoms with van der Waals surface area (Å²) in [7, 11) is 1.59. The van der Waals surface area contributed by atoms with Crippen molar-refractivity contribution in [3.05, 3.63) is 34.5 Å². The van der Waals surface area contributed by atoms with Gasteiger partial charge < -0.3 is 16.6 Å². The Morgan fingerprint density at radius 1 is 1.39 bits per heavy atom. The van der Waals surface area contributed by atoms with Crippen LogP contribution in [0.3, 0.4) is 0 Å². The highest BCUT2D eigenvalue weighted by Crippen LogP contribution is 2.46. The quantitative estimate of drug-likeness (QED) is 0.733. The van der Waals surface area contributed by atoms with Crippen molar-refractivity contribution in [2.45, 2.75) is 18.9 Å². The number of benzene rings is 1. The highest BCUT2D eigenvalue weighted by atomic mass is 32.1. The summed E-state index contributed by atoms with van der Waals surface area (Å²) >= 11 is 1.36. The van der Waals surface area contributed by atoms with Gasteiger partial charge in [0.05, 0.1) is 11.3 Å². The number of carbonyl (C=O) groups is 1. The minimum Gasteiger partial charge on any atom is -0.506 e. The van der Waals surface area contributed by atoms with Crippen LogP contribution in [0.5, 0.6) is 5.75 Å². The molecule has 0 unspecified atom stereocenters. The van der Waals surface area contributed by atoms with Crippen molar-refractivity contribution in [2.24, 2.45) is 10.7 Å². The number of anilines is 1. The molecule has 0 bridgehead atoms. The second kappa shape index (κ2) is 5.27. The van der Waals surface area contributed by atoms with Gasteiger partial charge in [-0.3, -0.25) is 9.69 Å². The number of rotatable bonds is 2. The summed E-state index contributed by atoms with van der Waals surface area (Å²) in [6.45, 7) is 1.81. The molecule has 0 radical (unpaired) electrons. The monoisotopic (exact) mass is 330 g/mol. The molecular formula is C16H18N4O2S. The summed E-state index contributed by atoms with van der Waals surface area (Å²) in [5.74, 6) is 0.150. The number of amides is 1. The molecule has 1 aromatic carbocycles. The molecule has 0 aliphatic carbocycles. The third kappa shape index (κ3) is 2.53. The molecule has 1 amide bonds. The molecule has 5 N–H and O–H groups in total. The minimum atomic E-state index is -0.860. The Morgan fingerprint density at radius 3 is 2.78 bits per heavy atom. The molecule has 0 saturated carbocycles. The third-order valence-electron chi connectivity index (χ3n) is 4.03. The van der Waals surface area contributed by atoms with Gasteiger partial charge >= 0.3 is 0 Å². The predicted octanol–water partition coefficient (Wildman–Crippen LogP) is 2.09. The van der Waals surface area contributed by atoms with E-state index in [-0.39, 0.29) is 24.0 Å². The molecule has 6 nitrogen and oxygen atoms in total. The molecule has 3 rings (SSSR count). The zero-order valence-electron chi connectivity index (χ0n) is 12.9. The molecular weight excluding hydrogens is 312 g/mol. The van der Waals surface area contributed by atoms with Crippen LogP contribution in [0, 0.1) is 0 Å². The first-order valence-electron chi connectivity index (χ1n) is 7.10. The number of guanidine groups is 1. The van der Waals surface area contributed by atoms with E-state index >= 15 is 0 Å². The van der Waals surface area contributed by atoms with Gasteiger partial charge in [0, 0.05) is 23.7 Å². The van der Waals surface area contributed by atoms with Gasteiger partial charge in [-0.05, 0) is 24.6 Å². The highest BCUT2D eigenvalue weighted by molar-refractivity contribution is 7.11. The number of nitrogens with two attached hydrogens (primary N) is 2. The topological polar surface area (TPSA) is 105 Å². The first-order chi connectivity index (χ1) is 10.8. The normalized spacial score (nSPS) is 21.4. The van der Waals surface area contributed by atoms with Gasteiger partial charge in [0.2, 0.25) is 5.91 Å². The van der Waals surface area contributed by atoms with Crippen LogP contribution in [0.15, 0.2) is 34.6 Å². The van der Waals surface area contributed by atoms with E-state index in [9.17, 15) is 9.90 Å². The molecule has 2 heterocycles. The second-order valence-corrected chi connectivity index (χ2v) is 6.71. The molecule has 0 spiro atoms. The van der Waals surface area contributed by atoms with Crippen molar-refractivity contribution in [3.63, 3.8) is 0 Å². The van der Waals surface area contributed by atoms with E-state index in [2.05, 4.69) is 4.99 Å². The Kier molecular flexibility index (Phi) is 3.52. The molecule has 120 valence electrons. The van der Waals surface area contributed by atoms with Gasteiger partial charge in [-0.2, -0.15) is 0 Å². The number of carbonyl (C=O) groups excluding carboxylic acids is 1. The summed E-state index contributed by atoms with van der Waals surface area (Å²) < 4.78 is 0. The Labute approximate surface area is 138 Å². The first kappa shape index (κ1) is 15.4. The van der Waals surface area contributed by atoms with Crippen molar-refractivity contribution < 1.29 is 9.90 Å². The van der Waals surface area contributed by atoms with Crippen LogP contribution in [0.1, 0.15) is 18.2 Å². The van der Waals surface area contributed by atoms with Crippen molar-refractivity contribution in [3.8, 4) is 16.9 Å². The van der Waals surface area contributed by atoms with E-state index < -0.39 is 5.54 Å². The van der Waals surface area contributed by atoms with Crippen LogP contribution < -0.4 is 11.5 Å². The maximum Gasteiger partial charge on any atom is 0.231 e. The lowest BCUT2D eigenvalue weighted by molar-refractivity contribution is -0.128. The first-order valence-corrected chi connectivity index (χ1v) is 7.98. The third-order valence-corrected chi connectivity index (χ3v) is 5.25. The Morgan fingerprint density at radius 2 is 2.13 bits per heavy atom.